The van der Waals surface area contributed by atoms with E-state index in [4.69, 9.17) is 0 Å². The van der Waals surface area contributed by atoms with Gasteiger partial charge in [0.05, 0.1) is 0 Å². The van der Waals surface area contributed by atoms with Crippen molar-refractivity contribution in [2.75, 3.05) is 13.1 Å². The summed E-state index contributed by atoms with van der Waals surface area (Å²) in [4.78, 5) is 17.8. The molecular weight excluding hydrogens is 345 g/mol. The molecular formula is C20H18FN5O. The van der Waals surface area contributed by atoms with Crippen LogP contribution < -0.4 is 0 Å². The molecule has 0 bridgehead atoms. The number of hydrogen-bond donors (Lipinski definition) is 1. The first kappa shape index (κ1) is 16.0. The van der Waals surface area contributed by atoms with Gasteiger partial charge in [0, 0.05) is 36.1 Å². The highest BCUT2D eigenvalue weighted by atomic mass is 19.1. The summed E-state index contributed by atoms with van der Waals surface area (Å²) in [7, 11) is 0. The summed E-state index contributed by atoms with van der Waals surface area (Å²) in [5.41, 5.74) is 2.11. The lowest BCUT2D eigenvalue weighted by Gasteiger charge is -2.31. The second kappa shape index (κ2) is 6.19. The van der Waals surface area contributed by atoms with Crippen LogP contribution in [0.2, 0.25) is 0 Å². The van der Waals surface area contributed by atoms with Crippen molar-refractivity contribution in [3.63, 3.8) is 0 Å². The van der Waals surface area contributed by atoms with E-state index in [1.165, 1.54) is 12.1 Å². The maximum Gasteiger partial charge on any atom is 0.270 e. The molecule has 1 aliphatic rings. The summed E-state index contributed by atoms with van der Waals surface area (Å²) < 4.78 is 15.4. The van der Waals surface area contributed by atoms with Crippen LogP contribution in [-0.2, 0) is 0 Å². The normalized spacial score (nSPS) is 15.7. The number of nitrogens with one attached hydrogen (secondary N) is 1. The third-order valence-corrected chi connectivity index (χ3v) is 5.30. The number of piperidine rings is 1. The Bertz CT molecular complexity index is 1140. The molecule has 6 nitrogen and oxygen atoms in total. The Balaban J connectivity index is 1.32. The van der Waals surface area contributed by atoms with Crippen molar-refractivity contribution >= 4 is 22.5 Å². The number of halogens is 1. The van der Waals surface area contributed by atoms with Crippen LogP contribution in [-0.4, -0.2) is 43.5 Å². The molecule has 1 N–H and O–H groups in total. The minimum atomic E-state index is -0.304. The smallest absolute Gasteiger partial charge is 0.270 e. The van der Waals surface area contributed by atoms with Crippen molar-refractivity contribution < 1.29 is 9.18 Å². The second-order valence-corrected chi connectivity index (χ2v) is 6.97. The largest absolute Gasteiger partial charge is 0.351 e. The topological polar surface area (TPSA) is 66.3 Å². The zero-order chi connectivity index (χ0) is 18.4. The Kier molecular flexibility index (Phi) is 3.67. The fourth-order valence-corrected chi connectivity index (χ4v) is 3.87. The molecule has 0 aliphatic carbocycles. The number of carbonyl (C=O) groups excluding carboxylic acids is 1. The molecule has 5 rings (SSSR count). The monoisotopic (exact) mass is 363 g/mol. The van der Waals surface area contributed by atoms with E-state index in [-0.39, 0.29) is 17.6 Å². The summed E-state index contributed by atoms with van der Waals surface area (Å²) in [6, 6.07) is 12.1. The summed E-state index contributed by atoms with van der Waals surface area (Å²) in [6.07, 6.45) is 3.67. The molecule has 0 unspecified atom stereocenters. The first-order valence-electron chi connectivity index (χ1n) is 9.06. The minimum absolute atomic E-state index is 0.0452. The molecule has 3 aromatic heterocycles. The number of aromatic nitrogens is 4. The molecule has 4 aromatic rings. The third-order valence-electron chi connectivity index (χ3n) is 5.30. The quantitative estimate of drug-likeness (QED) is 0.594. The van der Waals surface area contributed by atoms with Crippen LogP contribution in [0.1, 0.15) is 35.1 Å². The van der Waals surface area contributed by atoms with Gasteiger partial charge in [-0.15, -0.1) is 10.2 Å². The Hall–Kier alpha value is -3.22. The number of aromatic amines is 1. The van der Waals surface area contributed by atoms with Crippen molar-refractivity contribution in [1.29, 1.82) is 0 Å². The second-order valence-electron chi connectivity index (χ2n) is 6.97. The van der Waals surface area contributed by atoms with Gasteiger partial charge in [-0.2, -0.15) is 0 Å². The van der Waals surface area contributed by atoms with E-state index in [0.717, 1.165) is 29.8 Å². The summed E-state index contributed by atoms with van der Waals surface area (Å²) >= 11 is 0. The fraction of sp³-hybridized carbons (Fsp3) is 0.250. The van der Waals surface area contributed by atoms with Gasteiger partial charge < -0.3 is 9.88 Å². The number of fused-ring (bicyclic) bond motifs is 2. The van der Waals surface area contributed by atoms with Gasteiger partial charge in [0.1, 0.15) is 17.3 Å². The minimum Gasteiger partial charge on any atom is -0.351 e. The number of H-pyrrole nitrogens is 1. The lowest BCUT2D eigenvalue weighted by Crippen LogP contribution is -2.38. The van der Waals surface area contributed by atoms with Gasteiger partial charge >= 0.3 is 0 Å². The van der Waals surface area contributed by atoms with E-state index in [2.05, 4.69) is 15.2 Å². The lowest BCUT2D eigenvalue weighted by atomic mass is 9.96. The number of rotatable bonds is 2. The molecule has 1 aliphatic heterocycles. The maximum atomic E-state index is 13.4. The number of pyridine rings is 1. The van der Waals surface area contributed by atoms with Crippen molar-refractivity contribution in [2.45, 2.75) is 18.8 Å². The van der Waals surface area contributed by atoms with Crippen LogP contribution in [0.3, 0.4) is 0 Å². The average Bonchev–Trinajstić information content (AvgIpc) is 3.31. The molecule has 1 saturated heterocycles. The van der Waals surface area contributed by atoms with Gasteiger partial charge in [-0.1, -0.05) is 6.07 Å². The molecule has 136 valence electrons. The molecule has 0 atom stereocenters. The lowest BCUT2D eigenvalue weighted by molar-refractivity contribution is 0.0706. The molecule has 0 spiro atoms. The van der Waals surface area contributed by atoms with Crippen LogP contribution in [0.15, 0.2) is 48.7 Å². The van der Waals surface area contributed by atoms with E-state index in [0.29, 0.717) is 24.2 Å². The number of hydrogen-bond acceptors (Lipinski definition) is 3. The zero-order valence-electron chi connectivity index (χ0n) is 14.6. The number of likely N-dealkylation sites (tertiary alicyclic amines) is 1. The van der Waals surface area contributed by atoms with Crippen LogP contribution in [0, 0.1) is 5.82 Å². The average molecular weight is 363 g/mol. The van der Waals surface area contributed by atoms with E-state index in [1.54, 1.807) is 12.1 Å². The third kappa shape index (κ3) is 2.75. The number of carbonyl (C=O) groups is 1. The van der Waals surface area contributed by atoms with Gasteiger partial charge in [-0.3, -0.25) is 9.20 Å². The van der Waals surface area contributed by atoms with Crippen LogP contribution in [0.4, 0.5) is 4.39 Å². The Morgan fingerprint density at radius 2 is 1.96 bits per heavy atom. The Morgan fingerprint density at radius 3 is 2.81 bits per heavy atom. The standard InChI is InChI=1S/C20H18FN5O/c21-15-4-5-16-14(11-15)12-17(22-16)20(27)25-9-6-13(7-10-25)19-24-23-18-3-1-2-8-26(18)19/h1-5,8,11-13,22H,6-7,9-10H2. The van der Waals surface area contributed by atoms with Crippen molar-refractivity contribution in [3.8, 4) is 0 Å². The molecule has 1 aromatic carbocycles. The highest BCUT2D eigenvalue weighted by molar-refractivity contribution is 5.98. The molecule has 0 radical (unpaired) electrons. The van der Waals surface area contributed by atoms with E-state index in [1.807, 2.05) is 33.7 Å². The van der Waals surface area contributed by atoms with E-state index >= 15 is 0 Å². The Labute approximate surface area is 154 Å². The van der Waals surface area contributed by atoms with Crippen LogP contribution >= 0.6 is 0 Å². The van der Waals surface area contributed by atoms with Crippen molar-refractivity contribution in [3.05, 3.63) is 66.0 Å². The van der Waals surface area contributed by atoms with E-state index < -0.39 is 0 Å². The molecule has 1 fully saturated rings. The highest BCUT2D eigenvalue weighted by Gasteiger charge is 2.28. The van der Waals surface area contributed by atoms with Gasteiger partial charge in [0.25, 0.3) is 5.91 Å². The van der Waals surface area contributed by atoms with Gasteiger partial charge in [0.2, 0.25) is 0 Å². The molecule has 0 saturated carbocycles. The molecule has 7 heteroatoms. The van der Waals surface area contributed by atoms with Crippen LogP contribution in [0.25, 0.3) is 16.6 Å². The zero-order valence-corrected chi connectivity index (χ0v) is 14.6. The number of nitrogens with zero attached hydrogens (tertiary/aromatic N) is 4. The van der Waals surface area contributed by atoms with Gasteiger partial charge in [-0.25, -0.2) is 4.39 Å². The maximum absolute atomic E-state index is 13.4. The van der Waals surface area contributed by atoms with Crippen molar-refractivity contribution in [1.82, 2.24) is 24.5 Å². The highest BCUT2D eigenvalue weighted by Crippen LogP contribution is 2.28. The molecule has 27 heavy (non-hydrogen) atoms. The molecule has 4 heterocycles. The SMILES string of the molecule is O=C(c1cc2cc(F)ccc2[nH]1)N1CCC(c2nnc3ccccn23)CC1. The first-order valence-corrected chi connectivity index (χ1v) is 9.06. The molecule has 1 amide bonds. The first-order chi connectivity index (χ1) is 13.2. The predicted octanol–water partition coefficient (Wildman–Crippen LogP) is 3.37. The number of benzene rings is 1. The van der Waals surface area contributed by atoms with Gasteiger partial charge in [-0.05, 0) is 49.2 Å². The summed E-state index contributed by atoms with van der Waals surface area (Å²) in [6.45, 7) is 1.32. The van der Waals surface area contributed by atoms with Crippen LogP contribution in [0.5, 0.6) is 0 Å². The summed E-state index contributed by atoms with van der Waals surface area (Å²) in [5, 5.41) is 9.29. The Morgan fingerprint density at radius 1 is 1.11 bits per heavy atom. The van der Waals surface area contributed by atoms with Crippen molar-refractivity contribution in [2.24, 2.45) is 0 Å². The fourth-order valence-electron chi connectivity index (χ4n) is 3.87. The number of amides is 1. The van der Waals surface area contributed by atoms with E-state index in [9.17, 15) is 9.18 Å². The summed E-state index contributed by atoms with van der Waals surface area (Å²) in [5.74, 6) is 0.889. The van der Waals surface area contributed by atoms with Gasteiger partial charge in [0.15, 0.2) is 5.65 Å². The predicted molar refractivity (Wildman–Crippen MR) is 99.1 cm³/mol.